The van der Waals surface area contributed by atoms with Crippen LogP contribution in [0.4, 0.5) is 5.69 Å². The molecule has 1 heterocycles. The molecule has 1 aliphatic heterocycles. The van der Waals surface area contributed by atoms with Gasteiger partial charge < -0.3 is 15.0 Å². The number of hydrogen-bond acceptors (Lipinski definition) is 3. The van der Waals surface area contributed by atoms with Gasteiger partial charge in [0.25, 0.3) is 5.91 Å². The van der Waals surface area contributed by atoms with Gasteiger partial charge in [-0.25, -0.2) is 0 Å². The van der Waals surface area contributed by atoms with Crippen LogP contribution in [0.3, 0.4) is 0 Å². The van der Waals surface area contributed by atoms with Crippen LogP contribution < -0.4 is 15.0 Å². The van der Waals surface area contributed by atoms with E-state index in [0.29, 0.717) is 19.6 Å². The number of ether oxygens (including phenoxy) is 1. The van der Waals surface area contributed by atoms with E-state index in [1.807, 2.05) is 54.6 Å². The van der Waals surface area contributed by atoms with E-state index < -0.39 is 6.04 Å². The highest BCUT2D eigenvalue weighted by molar-refractivity contribution is 6.06. The number of nitrogens with one attached hydrogen (secondary N) is 1. The zero-order valence-electron chi connectivity index (χ0n) is 15.7. The molecule has 5 nitrogen and oxygen atoms in total. The number of fused-ring (bicyclic) bond motifs is 2. The van der Waals surface area contributed by atoms with Gasteiger partial charge in [0, 0.05) is 30.1 Å². The van der Waals surface area contributed by atoms with E-state index in [2.05, 4.69) is 17.4 Å². The highest BCUT2D eigenvalue weighted by Crippen LogP contribution is 2.35. The minimum Gasteiger partial charge on any atom is -0.493 e. The average molecular weight is 374 g/mol. The number of rotatable bonds is 6. The number of carbonyl (C=O) groups excluding carboxylic acids is 2. The number of amides is 2. The van der Waals surface area contributed by atoms with Crippen LogP contribution >= 0.6 is 0 Å². The van der Waals surface area contributed by atoms with Crippen LogP contribution in [0.1, 0.15) is 24.9 Å². The molecule has 0 aliphatic carbocycles. The normalized spacial score (nSPS) is 15.5. The summed E-state index contributed by atoms with van der Waals surface area (Å²) >= 11 is 0. The first-order chi connectivity index (χ1) is 13.6. The molecule has 0 radical (unpaired) electrons. The Labute approximate surface area is 163 Å². The fourth-order valence-corrected chi connectivity index (χ4v) is 3.68. The Hall–Kier alpha value is -3.34. The molecule has 0 saturated carbocycles. The lowest BCUT2D eigenvalue weighted by Gasteiger charge is -2.18. The summed E-state index contributed by atoms with van der Waals surface area (Å²) in [6, 6.07) is 21.1. The topological polar surface area (TPSA) is 58.6 Å². The van der Waals surface area contributed by atoms with Gasteiger partial charge in [0.05, 0.1) is 6.61 Å². The lowest BCUT2D eigenvalue weighted by molar-refractivity contribution is -0.126. The highest BCUT2D eigenvalue weighted by atomic mass is 16.5. The van der Waals surface area contributed by atoms with E-state index in [0.717, 1.165) is 27.8 Å². The maximum Gasteiger partial charge on any atom is 0.254 e. The fraction of sp³-hybridized carbons (Fsp3) is 0.217. The monoisotopic (exact) mass is 374 g/mol. The molecule has 1 atom stereocenters. The predicted molar refractivity (Wildman–Crippen MR) is 109 cm³/mol. The third-order valence-corrected chi connectivity index (χ3v) is 4.93. The molecule has 142 valence electrons. The molecule has 0 aromatic heterocycles. The van der Waals surface area contributed by atoms with Crippen molar-refractivity contribution in [3.8, 4) is 5.75 Å². The average Bonchev–Trinajstić information content (AvgIpc) is 2.96. The molecule has 0 spiro atoms. The first-order valence-electron chi connectivity index (χ1n) is 9.43. The van der Waals surface area contributed by atoms with Crippen molar-refractivity contribution >= 4 is 28.3 Å². The molecule has 3 aromatic carbocycles. The van der Waals surface area contributed by atoms with Gasteiger partial charge in [0.15, 0.2) is 0 Å². The molecule has 3 aromatic rings. The minimum absolute atomic E-state index is 0.0958. The summed E-state index contributed by atoms with van der Waals surface area (Å²) in [7, 11) is 0. The lowest BCUT2D eigenvalue weighted by Crippen LogP contribution is -2.37. The van der Waals surface area contributed by atoms with Crippen LogP contribution in [0.15, 0.2) is 66.7 Å². The van der Waals surface area contributed by atoms with E-state index in [9.17, 15) is 9.59 Å². The second-order valence-corrected chi connectivity index (χ2v) is 6.86. The van der Waals surface area contributed by atoms with Crippen LogP contribution in [0, 0.1) is 0 Å². The summed E-state index contributed by atoms with van der Waals surface area (Å²) in [5.41, 5.74) is 1.70. The standard InChI is InChI=1S/C23H22N2O3/c1-16(26)24-22-19-11-4-5-12-20(19)25(23(22)27)14-7-15-28-21-13-6-9-17-8-2-3-10-18(17)21/h2-6,8-13,22H,7,14-15H2,1H3,(H,24,26)/t22-/m0/s1. The van der Waals surface area contributed by atoms with E-state index in [4.69, 9.17) is 4.74 Å². The third-order valence-electron chi connectivity index (χ3n) is 4.93. The van der Waals surface area contributed by atoms with Crippen molar-refractivity contribution in [2.24, 2.45) is 0 Å². The van der Waals surface area contributed by atoms with Gasteiger partial charge in [0.2, 0.25) is 5.91 Å². The van der Waals surface area contributed by atoms with E-state index in [1.165, 1.54) is 6.92 Å². The molecule has 0 fully saturated rings. The van der Waals surface area contributed by atoms with Crippen molar-refractivity contribution in [2.75, 3.05) is 18.1 Å². The number of para-hydroxylation sites is 1. The Morgan fingerprint density at radius 2 is 1.79 bits per heavy atom. The lowest BCUT2D eigenvalue weighted by atomic mass is 10.1. The van der Waals surface area contributed by atoms with Gasteiger partial charge in [0.1, 0.15) is 11.8 Å². The van der Waals surface area contributed by atoms with Crippen molar-refractivity contribution < 1.29 is 14.3 Å². The summed E-state index contributed by atoms with van der Waals surface area (Å²) in [6.45, 7) is 2.47. The molecule has 4 rings (SSSR count). The maximum atomic E-state index is 12.8. The summed E-state index contributed by atoms with van der Waals surface area (Å²) < 4.78 is 5.99. The molecular weight excluding hydrogens is 352 g/mol. The summed E-state index contributed by atoms with van der Waals surface area (Å²) in [6.07, 6.45) is 0.691. The van der Waals surface area contributed by atoms with Crippen LogP contribution in [-0.2, 0) is 9.59 Å². The third kappa shape index (κ3) is 3.43. The smallest absolute Gasteiger partial charge is 0.254 e. The fourth-order valence-electron chi connectivity index (χ4n) is 3.68. The van der Waals surface area contributed by atoms with Crippen LogP contribution in [-0.4, -0.2) is 25.0 Å². The van der Waals surface area contributed by atoms with Gasteiger partial charge in [-0.3, -0.25) is 9.59 Å². The van der Waals surface area contributed by atoms with Gasteiger partial charge in [-0.2, -0.15) is 0 Å². The molecule has 0 saturated heterocycles. The number of nitrogens with zero attached hydrogens (tertiary/aromatic N) is 1. The Balaban J connectivity index is 1.42. The predicted octanol–water partition coefficient (Wildman–Crippen LogP) is 3.83. The van der Waals surface area contributed by atoms with E-state index in [1.54, 1.807) is 4.90 Å². The molecule has 5 heteroatoms. The summed E-state index contributed by atoms with van der Waals surface area (Å²) in [4.78, 5) is 26.0. The van der Waals surface area contributed by atoms with Gasteiger partial charge in [-0.05, 0) is 23.9 Å². The SMILES string of the molecule is CC(=O)N[C@@H]1C(=O)N(CCCOc2cccc3ccccc23)c2ccccc21. The summed E-state index contributed by atoms with van der Waals surface area (Å²) in [5.74, 6) is 0.540. The van der Waals surface area contributed by atoms with Gasteiger partial charge in [-0.15, -0.1) is 0 Å². The largest absolute Gasteiger partial charge is 0.493 e. The Kier molecular flexibility index (Phi) is 4.98. The van der Waals surface area contributed by atoms with Crippen molar-refractivity contribution in [3.63, 3.8) is 0 Å². The van der Waals surface area contributed by atoms with Crippen molar-refractivity contribution in [1.29, 1.82) is 0 Å². The highest BCUT2D eigenvalue weighted by Gasteiger charge is 2.37. The van der Waals surface area contributed by atoms with Crippen molar-refractivity contribution in [1.82, 2.24) is 5.32 Å². The molecule has 0 unspecified atom stereocenters. The molecule has 2 amide bonds. The first kappa shape index (κ1) is 18.0. The summed E-state index contributed by atoms with van der Waals surface area (Å²) in [5, 5.41) is 4.97. The number of anilines is 1. The molecular formula is C23H22N2O3. The van der Waals surface area contributed by atoms with E-state index >= 15 is 0 Å². The second-order valence-electron chi connectivity index (χ2n) is 6.86. The van der Waals surface area contributed by atoms with Gasteiger partial charge in [-0.1, -0.05) is 54.6 Å². The van der Waals surface area contributed by atoms with Crippen LogP contribution in [0.25, 0.3) is 10.8 Å². The maximum absolute atomic E-state index is 12.8. The zero-order valence-corrected chi connectivity index (χ0v) is 15.7. The molecule has 28 heavy (non-hydrogen) atoms. The number of carbonyl (C=O) groups is 2. The molecule has 0 bridgehead atoms. The first-order valence-corrected chi connectivity index (χ1v) is 9.43. The van der Waals surface area contributed by atoms with Crippen molar-refractivity contribution in [2.45, 2.75) is 19.4 Å². The Morgan fingerprint density at radius 3 is 2.64 bits per heavy atom. The van der Waals surface area contributed by atoms with Gasteiger partial charge >= 0.3 is 0 Å². The quantitative estimate of drug-likeness (QED) is 0.667. The Bertz CT molecular complexity index is 1030. The second kappa shape index (κ2) is 7.72. The van der Waals surface area contributed by atoms with Crippen molar-refractivity contribution in [3.05, 3.63) is 72.3 Å². The van der Waals surface area contributed by atoms with Crippen LogP contribution in [0.5, 0.6) is 5.75 Å². The van der Waals surface area contributed by atoms with E-state index in [-0.39, 0.29) is 11.8 Å². The Morgan fingerprint density at radius 1 is 1.04 bits per heavy atom. The number of hydrogen-bond donors (Lipinski definition) is 1. The van der Waals surface area contributed by atoms with Crippen LogP contribution in [0.2, 0.25) is 0 Å². The molecule has 1 N–H and O–H groups in total. The zero-order chi connectivity index (χ0) is 19.5. The minimum atomic E-state index is -0.604. The molecule has 1 aliphatic rings. The number of benzene rings is 3.